The number of carbonyl (C=O) groups excluding carboxylic acids is 2. The maximum Gasteiger partial charge on any atom is 0.338 e. The van der Waals surface area contributed by atoms with Crippen LogP contribution < -0.4 is 0 Å². The number of ether oxygens (including phenoxy) is 4. The number of hydrogen-bond acceptors (Lipinski definition) is 6. The van der Waals surface area contributed by atoms with Crippen LogP contribution in [0.2, 0.25) is 0 Å². The number of rotatable bonds is 5. The highest BCUT2D eigenvalue weighted by molar-refractivity contribution is 5.90. The Balaban J connectivity index is 1.76. The van der Waals surface area contributed by atoms with Crippen LogP contribution in [0.5, 0.6) is 0 Å². The molecule has 0 spiro atoms. The van der Waals surface area contributed by atoms with Crippen LogP contribution >= 0.6 is 0 Å². The van der Waals surface area contributed by atoms with Gasteiger partial charge in [0.25, 0.3) is 0 Å². The van der Waals surface area contributed by atoms with Crippen LogP contribution in [0.1, 0.15) is 45.2 Å². The third-order valence-electron chi connectivity index (χ3n) is 4.96. The van der Waals surface area contributed by atoms with Crippen molar-refractivity contribution in [2.24, 2.45) is 0 Å². The minimum atomic E-state index is -0.746. The standard InChI is InChI=1S/C23H26O6/c1-14-5-9-17(10-6-14)22(24)28-19-13-20(26-4)27-16(3)21(19)29-23(25)18-11-7-15(2)8-12-18/h5-12,16,19-21H,13H2,1-4H3. The molecule has 1 aliphatic heterocycles. The number of benzene rings is 2. The van der Waals surface area contributed by atoms with E-state index in [2.05, 4.69) is 0 Å². The number of hydrogen-bond donors (Lipinski definition) is 0. The van der Waals surface area contributed by atoms with Crippen LogP contribution in [-0.2, 0) is 18.9 Å². The first-order valence-corrected chi connectivity index (χ1v) is 9.61. The Labute approximate surface area is 170 Å². The van der Waals surface area contributed by atoms with Crippen molar-refractivity contribution in [1.82, 2.24) is 0 Å². The Morgan fingerprint density at radius 1 is 0.862 bits per heavy atom. The van der Waals surface area contributed by atoms with E-state index in [4.69, 9.17) is 18.9 Å². The van der Waals surface area contributed by atoms with Crippen molar-refractivity contribution in [3.8, 4) is 0 Å². The minimum absolute atomic E-state index is 0.268. The normalized spacial score (nSPS) is 24.0. The fraction of sp³-hybridized carbons (Fsp3) is 0.391. The molecule has 1 fully saturated rings. The minimum Gasteiger partial charge on any atom is -0.455 e. The summed E-state index contributed by atoms with van der Waals surface area (Å²) in [6.45, 7) is 5.65. The van der Waals surface area contributed by atoms with Crippen LogP contribution in [0.4, 0.5) is 0 Å². The van der Waals surface area contributed by atoms with Crippen molar-refractivity contribution in [3.05, 3.63) is 70.8 Å². The van der Waals surface area contributed by atoms with E-state index in [1.807, 2.05) is 38.1 Å². The summed E-state index contributed by atoms with van der Waals surface area (Å²) in [6, 6.07) is 14.2. The predicted molar refractivity (Wildman–Crippen MR) is 107 cm³/mol. The molecule has 3 rings (SSSR count). The summed E-state index contributed by atoms with van der Waals surface area (Å²) in [5.74, 6) is -0.965. The summed E-state index contributed by atoms with van der Waals surface area (Å²) in [6.07, 6.45) is -2.21. The molecular weight excluding hydrogens is 372 g/mol. The summed E-state index contributed by atoms with van der Waals surface area (Å²) < 4.78 is 22.4. The lowest BCUT2D eigenvalue weighted by atomic mass is 10.0. The number of aryl methyl sites for hydroxylation is 2. The van der Waals surface area contributed by atoms with E-state index in [-0.39, 0.29) is 6.42 Å². The second kappa shape index (κ2) is 9.20. The lowest BCUT2D eigenvalue weighted by Crippen LogP contribution is -2.51. The second-order valence-corrected chi connectivity index (χ2v) is 7.29. The van der Waals surface area contributed by atoms with Crippen LogP contribution in [0.25, 0.3) is 0 Å². The van der Waals surface area contributed by atoms with E-state index < -0.39 is 36.5 Å². The molecule has 4 atom stereocenters. The summed E-state index contributed by atoms with van der Waals surface area (Å²) in [5, 5.41) is 0. The highest BCUT2D eigenvalue weighted by atomic mass is 16.7. The Morgan fingerprint density at radius 2 is 1.34 bits per heavy atom. The van der Waals surface area contributed by atoms with E-state index in [1.165, 1.54) is 7.11 Å². The third kappa shape index (κ3) is 5.22. The largest absolute Gasteiger partial charge is 0.455 e. The average molecular weight is 398 g/mol. The average Bonchev–Trinajstić information content (AvgIpc) is 2.71. The first-order chi connectivity index (χ1) is 13.9. The highest BCUT2D eigenvalue weighted by Crippen LogP contribution is 2.27. The van der Waals surface area contributed by atoms with Crippen molar-refractivity contribution >= 4 is 11.9 Å². The lowest BCUT2D eigenvalue weighted by Gasteiger charge is -2.38. The van der Waals surface area contributed by atoms with Gasteiger partial charge in [0.1, 0.15) is 6.10 Å². The Morgan fingerprint density at radius 3 is 1.83 bits per heavy atom. The Bertz CT molecular complexity index is 843. The fourth-order valence-electron chi connectivity index (χ4n) is 3.21. The maximum absolute atomic E-state index is 12.6. The molecular formula is C23H26O6. The smallest absolute Gasteiger partial charge is 0.338 e. The van der Waals surface area contributed by atoms with Gasteiger partial charge >= 0.3 is 11.9 Å². The van der Waals surface area contributed by atoms with E-state index in [1.54, 1.807) is 31.2 Å². The molecule has 1 saturated heterocycles. The SMILES string of the molecule is COC1CC(OC(=O)c2ccc(C)cc2)C(OC(=O)c2ccc(C)cc2)C(C)O1. The fourth-order valence-corrected chi connectivity index (χ4v) is 3.21. The first kappa shape index (κ1) is 21.0. The molecule has 0 N–H and O–H groups in total. The van der Waals surface area contributed by atoms with Gasteiger partial charge in [0.2, 0.25) is 0 Å². The topological polar surface area (TPSA) is 71.1 Å². The van der Waals surface area contributed by atoms with Gasteiger partial charge in [0.05, 0.1) is 17.2 Å². The zero-order valence-electron chi connectivity index (χ0n) is 17.1. The maximum atomic E-state index is 12.6. The quantitative estimate of drug-likeness (QED) is 0.713. The molecule has 0 bridgehead atoms. The number of methoxy groups -OCH3 is 1. The van der Waals surface area contributed by atoms with Gasteiger partial charge in [-0.1, -0.05) is 35.4 Å². The van der Waals surface area contributed by atoms with Crippen LogP contribution in [0.15, 0.2) is 48.5 Å². The summed E-state index contributed by atoms with van der Waals surface area (Å²) in [5.41, 5.74) is 2.96. The third-order valence-corrected chi connectivity index (χ3v) is 4.96. The van der Waals surface area contributed by atoms with Crippen molar-refractivity contribution in [3.63, 3.8) is 0 Å². The molecule has 6 nitrogen and oxygen atoms in total. The highest BCUT2D eigenvalue weighted by Gasteiger charge is 2.42. The van der Waals surface area contributed by atoms with Crippen LogP contribution in [0, 0.1) is 13.8 Å². The molecule has 0 amide bonds. The molecule has 0 saturated carbocycles. The van der Waals surface area contributed by atoms with Crippen molar-refractivity contribution in [2.45, 2.75) is 51.8 Å². The molecule has 4 unspecified atom stereocenters. The summed E-state index contributed by atoms with van der Waals surface area (Å²) in [7, 11) is 1.52. The van der Waals surface area contributed by atoms with Crippen molar-refractivity contribution in [1.29, 1.82) is 0 Å². The first-order valence-electron chi connectivity index (χ1n) is 9.61. The van der Waals surface area contributed by atoms with Crippen LogP contribution in [-0.4, -0.2) is 43.7 Å². The van der Waals surface area contributed by atoms with Gasteiger partial charge in [-0.25, -0.2) is 9.59 Å². The van der Waals surface area contributed by atoms with Gasteiger partial charge in [-0.3, -0.25) is 0 Å². The predicted octanol–water partition coefficient (Wildman–Crippen LogP) is 3.84. The van der Waals surface area contributed by atoms with Gasteiger partial charge in [-0.2, -0.15) is 0 Å². The molecule has 29 heavy (non-hydrogen) atoms. The lowest BCUT2D eigenvalue weighted by molar-refractivity contribution is -0.236. The molecule has 1 heterocycles. The zero-order valence-corrected chi connectivity index (χ0v) is 17.1. The van der Waals surface area contributed by atoms with E-state index >= 15 is 0 Å². The molecule has 154 valence electrons. The summed E-state index contributed by atoms with van der Waals surface area (Å²) in [4.78, 5) is 25.2. The summed E-state index contributed by atoms with van der Waals surface area (Å²) >= 11 is 0. The van der Waals surface area contributed by atoms with E-state index in [9.17, 15) is 9.59 Å². The van der Waals surface area contributed by atoms with Crippen LogP contribution in [0.3, 0.4) is 0 Å². The zero-order chi connectivity index (χ0) is 21.0. The molecule has 1 aliphatic rings. The van der Waals surface area contributed by atoms with Gasteiger partial charge in [-0.15, -0.1) is 0 Å². The van der Waals surface area contributed by atoms with Gasteiger partial charge in [-0.05, 0) is 45.0 Å². The Hall–Kier alpha value is -2.70. The number of esters is 2. The molecule has 2 aromatic carbocycles. The molecule has 0 radical (unpaired) electrons. The number of carbonyl (C=O) groups is 2. The molecule has 2 aromatic rings. The van der Waals surface area contributed by atoms with Gasteiger partial charge in [0.15, 0.2) is 12.4 Å². The van der Waals surface area contributed by atoms with Gasteiger partial charge in [0, 0.05) is 13.5 Å². The van der Waals surface area contributed by atoms with Crippen molar-refractivity contribution in [2.75, 3.05) is 7.11 Å². The van der Waals surface area contributed by atoms with E-state index in [0.29, 0.717) is 11.1 Å². The van der Waals surface area contributed by atoms with E-state index in [0.717, 1.165) is 11.1 Å². The second-order valence-electron chi connectivity index (χ2n) is 7.29. The molecule has 0 aliphatic carbocycles. The van der Waals surface area contributed by atoms with Gasteiger partial charge < -0.3 is 18.9 Å². The Kier molecular flexibility index (Phi) is 6.67. The molecule has 0 aromatic heterocycles. The monoisotopic (exact) mass is 398 g/mol. The van der Waals surface area contributed by atoms with Crippen molar-refractivity contribution < 1.29 is 28.5 Å². The molecule has 6 heteroatoms.